The van der Waals surface area contributed by atoms with Crippen LogP contribution in [0, 0.1) is 13.8 Å². The van der Waals surface area contributed by atoms with Gasteiger partial charge in [-0.25, -0.2) is 8.42 Å². The molecule has 0 saturated heterocycles. The highest BCUT2D eigenvalue weighted by Gasteiger charge is 2.29. The normalized spacial score (nSPS) is 11.4. The maximum atomic E-state index is 12.7. The summed E-state index contributed by atoms with van der Waals surface area (Å²) in [6.45, 7) is 3.36. The second-order valence-corrected chi connectivity index (χ2v) is 7.29. The van der Waals surface area contributed by atoms with Gasteiger partial charge in [-0.1, -0.05) is 29.8 Å². The quantitative estimate of drug-likeness (QED) is 0.848. The maximum absolute atomic E-state index is 12.7. The summed E-state index contributed by atoms with van der Waals surface area (Å²) in [7, 11) is -4.82. The van der Waals surface area contributed by atoms with Crippen molar-refractivity contribution in [3.05, 3.63) is 53.6 Å². The molecule has 0 aromatic heterocycles. The van der Waals surface area contributed by atoms with E-state index in [4.69, 9.17) is 4.74 Å². The highest BCUT2D eigenvalue weighted by atomic mass is 32.2. The monoisotopic (exact) mass is 369 g/mol. The van der Waals surface area contributed by atoms with Gasteiger partial charge in [0.2, 0.25) is 9.84 Å². The standard InChI is InChI=1S/C17H17F2NO4S/c1-11-7-8-14(12(2)9-11)24-10-16(21)20-13-5-3-4-6-15(13)25(22,23)17(18)19/h3-9,17H,10H2,1-2H3,(H,20,21). The molecule has 134 valence electrons. The number of benzene rings is 2. The molecule has 1 N–H and O–H groups in total. The van der Waals surface area contributed by atoms with E-state index in [0.29, 0.717) is 5.75 Å². The van der Waals surface area contributed by atoms with Gasteiger partial charge in [-0.2, -0.15) is 8.78 Å². The molecule has 0 atom stereocenters. The van der Waals surface area contributed by atoms with Crippen LogP contribution >= 0.6 is 0 Å². The third kappa shape index (κ3) is 4.54. The number of rotatable bonds is 6. The van der Waals surface area contributed by atoms with Crippen LogP contribution in [-0.2, 0) is 14.6 Å². The molecule has 2 rings (SSSR count). The number of hydrogen-bond donors (Lipinski definition) is 1. The van der Waals surface area contributed by atoms with E-state index in [1.165, 1.54) is 18.2 Å². The number of ether oxygens (including phenoxy) is 1. The van der Waals surface area contributed by atoms with Crippen molar-refractivity contribution in [2.75, 3.05) is 11.9 Å². The van der Waals surface area contributed by atoms with Gasteiger partial charge in [0.1, 0.15) is 5.75 Å². The Morgan fingerprint density at radius 2 is 1.84 bits per heavy atom. The minimum absolute atomic E-state index is 0.211. The average molecular weight is 369 g/mol. The zero-order valence-corrected chi connectivity index (χ0v) is 14.4. The molecule has 2 aromatic rings. The number of para-hydroxylation sites is 1. The molecule has 1 amide bonds. The SMILES string of the molecule is Cc1ccc(OCC(=O)Nc2ccccc2S(=O)(=O)C(F)F)c(C)c1. The first-order valence-corrected chi connectivity index (χ1v) is 8.87. The molecule has 0 fully saturated rings. The summed E-state index contributed by atoms with van der Waals surface area (Å²) in [4.78, 5) is 11.4. The lowest BCUT2D eigenvalue weighted by Gasteiger charge is -2.13. The summed E-state index contributed by atoms with van der Waals surface area (Å²) in [5, 5.41) is 2.30. The van der Waals surface area contributed by atoms with Crippen LogP contribution in [0.2, 0.25) is 0 Å². The number of nitrogens with one attached hydrogen (secondary N) is 1. The summed E-state index contributed by atoms with van der Waals surface area (Å²) < 4.78 is 54.2. The van der Waals surface area contributed by atoms with Crippen LogP contribution in [0.5, 0.6) is 5.75 Å². The number of amides is 1. The number of carbonyl (C=O) groups excluding carboxylic acids is 1. The van der Waals surface area contributed by atoms with Gasteiger partial charge in [0.05, 0.1) is 10.6 Å². The van der Waals surface area contributed by atoms with E-state index in [1.807, 2.05) is 26.0 Å². The predicted octanol–water partition coefficient (Wildman–Crippen LogP) is 3.32. The number of anilines is 1. The Bertz CT molecular complexity index is 882. The molecular weight excluding hydrogens is 352 g/mol. The van der Waals surface area contributed by atoms with Crippen LogP contribution in [-0.4, -0.2) is 26.7 Å². The molecule has 0 spiro atoms. The van der Waals surface area contributed by atoms with E-state index < -0.39 is 26.4 Å². The Labute approximate surface area is 144 Å². The molecule has 0 unspecified atom stereocenters. The van der Waals surface area contributed by atoms with Crippen LogP contribution in [0.1, 0.15) is 11.1 Å². The summed E-state index contributed by atoms with van der Waals surface area (Å²) in [6, 6.07) is 10.4. The Morgan fingerprint density at radius 1 is 1.16 bits per heavy atom. The summed E-state index contributed by atoms with van der Waals surface area (Å²) in [5.74, 6) is -3.72. The van der Waals surface area contributed by atoms with Crippen molar-refractivity contribution in [1.82, 2.24) is 0 Å². The molecule has 0 saturated carbocycles. The Kier molecular flexibility index (Phi) is 5.73. The first-order valence-electron chi connectivity index (χ1n) is 7.33. The molecular formula is C17H17F2NO4S. The van der Waals surface area contributed by atoms with Crippen molar-refractivity contribution in [2.45, 2.75) is 24.5 Å². The first-order chi connectivity index (χ1) is 11.7. The molecule has 25 heavy (non-hydrogen) atoms. The van der Waals surface area contributed by atoms with Crippen LogP contribution < -0.4 is 10.1 Å². The first kappa shape index (κ1) is 18.9. The topological polar surface area (TPSA) is 72.5 Å². The number of hydrogen-bond acceptors (Lipinski definition) is 4. The minimum atomic E-state index is -4.82. The number of aryl methyl sites for hydroxylation is 2. The van der Waals surface area contributed by atoms with Crippen molar-refractivity contribution in [1.29, 1.82) is 0 Å². The second-order valence-electron chi connectivity index (χ2n) is 5.41. The van der Waals surface area contributed by atoms with Gasteiger partial charge in [0.15, 0.2) is 6.61 Å². The number of sulfone groups is 1. The van der Waals surface area contributed by atoms with Gasteiger partial charge in [-0.3, -0.25) is 4.79 Å². The highest BCUT2D eigenvalue weighted by molar-refractivity contribution is 7.91. The Morgan fingerprint density at radius 3 is 2.48 bits per heavy atom. The Balaban J connectivity index is 2.11. The highest BCUT2D eigenvalue weighted by Crippen LogP contribution is 2.26. The van der Waals surface area contributed by atoms with Crippen LogP contribution in [0.4, 0.5) is 14.5 Å². The van der Waals surface area contributed by atoms with E-state index in [9.17, 15) is 22.0 Å². The van der Waals surface area contributed by atoms with Crippen LogP contribution in [0.15, 0.2) is 47.4 Å². The largest absolute Gasteiger partial charge is 0.483 e. The van der Waals surface area contributed by atoms with E-state index in [-0.39, 0.29) is 12.3 Å². The predicted molar refractivity (Wildman–Crippen MR) is 89.7 cm³/mol. The van der Waals surface area contributed by atoms with Crippen molar-refractivity contribution in [3.8, 4) is 5.75 Å². The smallest absolute Gasteiger partial charge is 0.341 e. The van der Waals surface area contributed by atoms with E-state index in [0.717, 1.165) is 17.2 Å². The van der Waals surface area contributed by atoms with Crippen molar-refractivity contribution in [2.24, 2.45) is 0 Å². The van der Waals surface area contributed by atoms with Crippen molar-refractivity contribution >= 4 is 21.4 Å². The molecule has 8 heteroatoms. The summed E-state index contributed by atoms with van der Waals surface area (Å²) in [6.07, 6.45) is 0. The molecule has 5 nitrogen and oxygen atoms in total. The van der Waals surface area contributed by atoms with Gasteiger partial charge in [-0.15, -0.1) is 0 Å². The third-order valence-corrected chi connectivity index (χ3v) is 4.83. The fourth-order valence-electron chi connectivity index (χ4n) is 2.20. The Hall–Kier alpha value is -2.48. The minimum Gasteiger partial charge on any atom is -0.483 e. The van der Waals surface area contributed by atoms with E-state index >= 15 is 0 Å². The zero-order chi connectivity index (χ0) is 18.6. The van der Waals surface area contributed by atoms with Crippen molar-refractivity contribution in [3.63, 3.8) is 0 Å². The van der Waals surface area contributed by atoms with Gasteiger partial charge in [0, 0.05) is 0 Å². The van der Waals surface area contributed by atoms with Crippen LogP contribution in [0.25, 0.3) is 0 Å². The fraction of sp³-hybridized carbons (Fsp3) is 0.235. The zero-order valence-electron chi connectivity index (χ0n) is 13.6. The molecule has 0 heterocycles. The second kappa shape index (κ2) is 7.60. The van der Waals surface area contributed by atoms with Gasteiger partial charge in [-0.05, 0) is 37.6 Å². The molecule has 0 aliphatic carbocycles. The van der Waals surface area contributed by atoms with Gasteiger partial charge >= 0.3 is 5.76 Å². The maximum Gasteiger partial charge on any atom is 0.341 e. The number of halogens is 2. The van der Waals surface area contributed by atoms with Crippen molar-refractivity contribution < 1.29 is 26.7 Å². The third-order valence-electron chi connectivity index (χ3n) is 3.39. The van der Waals surface area contributed by atoms with E-state index in [1.54, 1.807) is 6.07 Å². The molecule has 2 aromatic carbocycles. The number of alkyl halides is 2. The van der Waals surface area contributed by atoms with Crippen LogP contribution in [0.3, 0.4) is 0 Å². The van der Waals surface area contributed by atoms with E-state index in [2.05, 4.69) is 5.32 Å². The molecule has 0 aliphatic rings. The lowest BCUT2D eigenvalue weighted by molar-refractivity contribution is -0.118. The van der Waals surface area contributed by atoms with Gasteiger partial charge < -0.3 is 10.1 Å². The summed E-state index contributed by atoms with van der Waals surface area (Å²) >= 11 is 0. The lowest BCUT2D eigenvalue weighted by atomic mass is 10.1. The lowest BCUT2D eigenvalue weighted by Crippen LogP contribution is -2.22. The molecule has 0 bridgehead atoms. The summed E-state index contributed by atoms with van der Waals surface area (Å²) in [5.41, 5.74) is 1.67. The molecule has 0 radical (unpaired) electrons. The van der Waals surface area contributed by atoms with Gasteiger partial charge in [0.25, 0.3) is 5.91 Å². The average Bonchev–Trinajstić information content (AvgIpc) is 2.54. The molecule has 0 aliphatic heterocycles. The number of carbonyl (C=O) groups is 1. The fourth-order valence-corrected chi connectivity index (χ4v) is 3.09.